The lowest BCUT2D eigenvalue weighted by atomic mass is 9.95. The number of benzene rings is 1. The van der Waals surface area contributed by atoms with Crippen LogP contribution in [-0.2, 0) is 4.79 Å². The molecule has 1 aromatic carbocycles. The first kappa shape index (κ1) is 17.4. The van der Waals surface area contributed by atoms with Gasteiger partial charge in [-0.05, 0) is 42.1 Å². The summed E-state index contributed by atoms with van der Waals surface area (Å²) in [7, 11) is 0. The van der Waals surface area contributed by atoms with E-state index < -0.39 is 0 Å². The molecule has 8 nitrogen and oxygen atoms in total. The number of nitrogens with one attached hydrogen (secondary N) is 1. The second-order valence-corrected chi connectivity index (χ2v) is 8.46. The number of nitrogens with zero attached hydrogens (tertiary/aromatic N) is 4. The van der Waals surface area contributed by atoms with Crippen LogP contribution in [0.2, 0.25) is 0 Å². The maximum absolute atomic E-state index is 12.4. The second-order valence-electron chi connectivity index (χ2n) is 8.46. The van der Waals surface area contributed by atoms with Crippen molar-refractivity contribution in [1.29, 1.82) is 0 Å². The topological polar surface area (TPSA) is 111 Å². The van der Waals surface area contributed by atoms with Crippen LogP contribution in [0.15, 0.2) is 30.6 Å². The number of aromatic amines is 1. The number of nitrogens with two attached hydrogens (primary N) is 1. The summed E-state index contributed by atoms with van der Waals surface area (Å²) >= 11 is 0. The Balaban J connectivity index is 1.37. The van der Waals surface area contributed by atoms with Crippen LogP contribution >= 0.6 is 0 Å². The summed E-state index contributed by atoms with van der Waals surface area (Å²) in [5.74, 6) is 2.15. The van der Waals surface area contributed by atoms with Gasteiger partial charge in [-0.15, -0.1) is 0 Å². The van der Waals surface area contributed by atoms with E-state index in [0.29, 0.717) is 11.7 Å². The minimum Gasteiger partial charge on any atom is -0.508 e. The fourth-order valence-electron chi connectivity index (χ4n) is 4.77. The van der Waals surface area contributed by atoms with Crippen LogP contribution in [0, 0.1) is 5.92 Å². The molecule has 3 aliphatic rings. The van der Waals surface area contributed by atoms with Gasteiger partial charge in [0.1, 0.15) is 17.6 Å². The summed E-state index contributed by atoms with van der Waals surface area (Å²) in [5, 5.41) is 10.8. The molecule has 0 radical (unpaired) electrons. The van der Waals surface area contributed by atoms with Crippen molar-refractivity contribution in [3.63, 3.8) is 0 Å². The standard InChI is InChI=1S/C22H22N6O2/c23-20-18-19(17-10-13-9-15(29)3-4-16(13)26-17)28(21(18)25-11-24-20)14-5-7-27(8-6-14)22(30)12-1-2-12/h3-4,9-12,14H,1-2,5-8H2,(H3,23,24,25,26,29)/p+1. The van der Waals surface area contributed by atoms with Gasteiger partial charge in [-0.2, -0.15) is 4.98 Å². The minimum absolute atomic E-state index is 0.236. The van der Waals surface area contributed by atoms with Gasteiger partial charge in [-0.1, -0.05) is 0 Å². The molecule has 0 spiro atoms. The molecule has 30 heavy (non-hydrogen) atoms. The maximum Gasteiger partial charge on any atom is 0.341 e. The Morgan fingerprint density at radius 3 is 2.73 bits per heavy atom. The summed E-state index contributed by atoms with van der Waals surface area (Å²) in [4.78, 5) is 26.6. The number of phenols is 1. The SMILES string of the molecule is Nc1ncnc2c1C(c1cc3cc(O)ccc3[nH]1)=[N+]2C1CCN(C(=O)C2CC2)CC1. The zero-order valence-electron chi connectivity index (χ0n) is 16.5. The van der Waals surface area contributed by atoms with Gasteiger partial charge in [0.2, 0.25) is 12.2 Å². The third kappa shape index (κ3) is 2.59. The number of amides is 1. The van der Waals surface area contributed by atoms with Crippen molar-refractivity contribution in [1.82, 2.24) is 19.9 Å². The number of likely N-dealkylation sites (tertiary alicyclic amines) is 1. The summed E-state index contributed by atoms with van der Waals surface area (Å²) in [6.07, 6.45) is 5.39. The molecule has 4 heterocycles. The van der Waals surface area contributed by atoms with Crippen molar-refractivity contribution >= 4 is 34.2 Å². The number of H-pyrrole nitrogens is 1. The Hall–Kier alpha value is -3.42. The van der Waals surface area contributed by atoms with Crippen LogP contribution in [0.4, 0.5) is 11.6 Å². The number of anilines is 1. The molecule has 1 amide bonds. The van der Waals surface area contributed by atoms with Crippen LogP contribution in [0.3, 0.4) is 0 Å². The summed E-state index contributed by atoms with van der Waals surface area (Å²) in [5.41, 5.74) is 9.94. The number of aromatic nitrogens is 3. The maximum atomic E-state index is 12.4. The lowest BCUT2D eigenvalue weighted by molar-refractivity contribution is -0.504. The third-order valence-electron chi connectivity index (χ3n) is 6.49. The lowest BCUT2D eigenvalue weighted by Crippen LogP contribution is -2.47. The molecule has 152 valence electrons. The van der Waals surface area contributed by atoms with Crippen molar-refractivity contribution in [2.45, 2.75) is 31.7 Å². The molecule has 4 N–H and O–H groups in total. The third-order valence-corrected chi connectivity index (χ3v) is 6.49. The first-order valence-corrected chi connectivity index (χ1v) is 10.5. The van der Waals surface area contributed by atoms with Crippen LogP contribution in [-0.4, -0.2) is 60.3 Å². The molecule has 0 unspecified atom stereocenters. The number of aromatic hydroxyl groups is 1. The smallest absolute Gasteiger partial charge is 0.341 e. The van der Waals surface area contributed by atoms with Gasteiger partial charge in [0.15, 0.2) is 11.3 Å². The Morgan fingerprint density at radius 2 is 1.97 bits per heavy atom. The summed E-state index contributed by atoms with van der Waals surface area (Å²) < 4.78 is 2.25. The number of nitrogen functional groups attached to an aromatic ring is 1. The number of rotatable bonds is 3. The molecule has 3 aromatic rings. The highest BCUT2D eigenvalue weighted by Gasteiger charge is 2.45. The number of fused-ring (bicyclic) bond motifs is 2. The Morgan fingerprint density at radius 1 is 1.17 bits per heavy atom. The van der Waals surface area contributed by atoms with E-state index in [1.807, 2.05) is 17.0 Å². The van der Waals surface area contributed by atoms with E-state index >= 15 is 0 Å². The van der Waals surface area contributed by atoms with Crippen LogP contribution in [0.5, 0.6) is 5.75 Å². The van der Waals surface area contributed by atoms with Crippen molar-refractivity contribution in [2.75, 3.05) is 18.8 Å². The Bertz CT molecular complexity index is 1220. The first-order valence-electron chi connectivity index (χ1n) is 10.5. The minimum atomic E-state index is 0.236. The molecule has 2 fully saturated rings. The van der Waals surface area contributed by atoms with Gasteiger partial charge < -0.3 is 20.7 Å². The van der Waals surface area contributed by atoms with E-state index in [4.69, 9.17) is 5.73 Å². The number of hydrogen-bond donors (Lipinski definition) is 3. The van der Waals surface area contributed by atoms with Crippen LogP contribution in [0.1, 0.15) is 36.9 Å². The van der Waals surface area contributed by atoms with Gasteiger partial charge in [-0.25, -0.2) is 4.58 Å². The highest BCUT2D eigenvalue weighted by Crippen LogP contribution is 2.38. The fourth-order valence-corrected chi connectivity index (χ4v) is 4.77. The summed E-state index contributed by atoms with van der Waals surface area (Å²) in [6.45, 7) is 1.56. The molecule has 1 aliphatic carbocycles. The average molecular weight is 403 g/mol. The molecule has 0 atom stereocenters. The number of piperidine rings is 1. The molecule has 0 bridgehead atoms. The van der Waals surface area contributed by atoms with Crippen molar-refractivity contribution in [3.05, 3.63) is 41.9 Å². The number of phenolic OH excluding ortho intramolecular Hbond substituents is 1. The largest absolute Gasteiger partial charge is 0.508 e. The molecule has 6 rings (SSSR count). The van der Waals surface area contributed by atoms with E-state index in [1.54, 1.807) is 12.1 Å². The first-order chi connectivity index (χ1) is 14.6. The molecular weight excluding hydrogens is 380 g/mol. The number of carbonyl (C=O) groups is 1. The normalized spacial score (nSPS) is 19.1. The highest BCUT2D eigenvalue weighted by atomic mass is 16.3. The lowest BCUT2D eigenvalue weighted by Gasteiger charge is -2.35. The van der Waals surface area contributed by atoms with E-state index in [2.05, 4.69) is 19.5 Å². The van der Waals surface area contributed by atoms with Crippen molar-refractivity contribution < 1.29 is 14.5 Å². The van der Waals surface area contributed by atoms with Crippen LogP contribution in [0.25, 0.3) is 10.9 Å². The number of hydrogen-bond acceptors (Lipinski definition) is 5. The van der Waals surface area contributed by atoms with E-state index in [0.717, 1.165) is 72.5 Å². The Labute approximate surface area is 173 Å². The molecule has 1 saturated carbocycles. The van der Waals surface area contributed by atoms with E-state index in [1.165, 1.54) is 6.33 Å². The van der Waals surface area contributed by atoms with Crippen LogP contribution < -0.4 is 5.73 Å². The Kier molecular flexibility index (Phi) is 3.65. The van der Waals surface area contributed by atoms with Crippen molar-refractivity contribution in [2.24, 2.45) is 5.92 Å². The number of carbonyl (C=O) groups excluding carboxylic acids is 1. The molecular formula is C22H23N6O2+. The average Bonchev–Trinajstić information content (AvgIpc) is 3.50. The molecule has 2 aromatic heterocycles. The van der Waals surface area contributed by atoms with Gasteiger partial charge in [-0.3, -0.25) is 4.79 Å². The monoisotopic (exact) mass is 403 g/mol. The van der Waals surface area contributed by atoms with Crippen molar-refractivity contribution in [3.8, 4) is 5.75 Å². The van der Waals surface area contributed by atoms with Gasteiger partial charge in [0.05, 0.1) is 5.69 Å². The summed E-state index contributed by atoms with van der Waals surface area (Å²) in [6, 6.07) is 7.56. The van der Waals surface area contributed by atoms with Gasteiger partial charge >= 0.3 is 5.82 Å². The zero-order valence-corrected chi connectivity index (χ0v) is 16.5. The quantitative estimate of drug-likeness (QED) is 0.580. The van der Waals surface area contributed by atoms with E-state index in [9.17, 15) is 9.90 Å². The van der Waals surface area contributed by atoms with E-state index in [-0.39, 0.29) is 17.7 Å². The molecule has 1 saturated heterocycles. The second kappa shape index (κ2) is 6.29. The predicted molar refractivity (Wildman–Crippen MR) is 112 cm³/mol. The predicted octanol–water partition coefficient (Wildman–Crippen LogP) is 2.14. The van der Waals surface area contributed by atoms with Gasteiger partial charge in [0.25, 0.3) is 0 Å². The molecule has 8 heteroatoms. The fraction of sp³-hybridized carbons (Fsp3) is 0.364. The van der Waals surface area contributed by atoms with Gasteiger partial charge in [0, 0.05) is 42.8 Å². The zero-order chi connectivity index (χ0) is 20.4. The molecule has 2 aliphatic heterocycles. The highest BCUT2D eigenvalue weighted by molar-refractivity contribution is 6.18.